The Morgan fingerprint density at radius 3 is 2.73 bits per heavy atom. The summed E-state index contributed by atoms with van der Waals surface area (Å²) in [4.78, 5) is 16.5. The zero-order chi connectivity index (χ0) is 22.5. The number of carbonyl (C=O) groups is 1. The topological polar surface area (TPSA) is 89.5 Å². The highest BCUT2D eigenvalue weighted by Crippen LogP contribution is 2.30. The lowest BCUT2D eigenvalue weighted by Crippen LogP contribution is -2.13. The van der Waals surface area contributed by atoms with Crippen LogP contribution in [0.4, 0.5) is 10.2 Å². The second-order valence-corrected chi connectivity index (χ2v) is 8.39. The molecule has 0 bridgehead atoms. The van der Waals surface area contributed by atoms with Crippen LogP contribution >= 0.6 is 0 Å². The van der Waals surface area contributed by atoms with E-state index in [1.807, 2.05) is 47.9 Å². The molecule has 0 spiro atoms. The highest BCUT2D eigenvalue weighted by molar-refractivity contribution is 5.93. The molecular weight excluding hydrogens is 421 g/mol. The number of carbonyl (C=O) groups excluding carboxylic acids is 1. The molecule has 1 atom stereocenters. The minimum atomic E-state index is -0.282. The molecule has 33 heavy (non-hydrogen) atoms. The van der Waals surface area contributed by atoms with Gasteiger partial charge in [0.25, 0.3) is 0 Å². The standard InChI is InChI=1S/C24H20FN7O/c1-14(19-8-10-21-26-20(13-32(21)30-19)27-24(33)15-5-6-15)23-29-28-22-9-7-17(12-31(22)23)16-3-2-4-18(25)11-16/h2-4,7-15H,5-6H2,1H3,(H,27,33). The summed E-state index contributed by atoms with van der Waals surface area (Å²) in [5, 5.41) is 16.2. The molecule has 5 aromatic rings. The lowest BCUT2D eigenvalue weighted by atomic mass is 10.1. The monoisotopic (exact) mass is 441 g/mol. The van der Waals surface area contributed by atoms with Crippen LogP contribution in [0.1, 0.15) is 37.2 Å². The van der Waals surface area contributed by atoms with E-state index in [9.17, 15) is 9.18 Å². The molecule has 164 valence electrons. The Kier molecular flexibility index (Phi) is 4.42. The molecule has 1 saturated carbocycles. The van der Waals surface area contributed by atoms with Crippen molar-refractivity contribution in [2.75, 3.05) is 5.32 Å². The molecule has 4 heterocycles. The zero-order valence-corrected chi connectivity index (χ0v) is 17.8. The molecule has 1 aliphatic carbocycles. The molecule has 1 unspecified atom stereocenters. The van der Waals surface area contributed by atoms with Gasteiger partial charge in [-0.2, -0.15) is 5.10 Å². The number of rotatable bonds is 5. The molecule has 0 radical (unpaired) electrons. The quantitative estimate of drug-likeness (QED) is 0.444. The molecule has 1 amide bonds. The van der Waals surface area contributed by atoms with E-state index in [1.54, 1.807) is 16.8 Å². The molecule has 1 aromatic carbocycles. The summed E-state index contributed by atoms with van der Waals surface area (Å²) >= 11 is 0. The van der Waals surface area contributed by atoms with Crippen molar-refractivity contribution in [1.82, 2.24) is 29.2 Å². The number of amides is 1. The van der Waals surface area contributed by atoms with Crippen molar-refractivity contribution in [3.05, 3.63) is 78.3 Å². The normalized spacial score (nSPS) is 14.6. The van der Waals surface area contributed by atoms with E-state index in [0.29, 0.717) is 17.1 Å². The van der Waals surface area contributed by atoms with Gasteiger partial charge in [0, 0.05) is 12.1 Å². The lowest BCUT2D eigenvalue weighted by molar-refractivity contribution is -0.117. The van der Waals surface area contributed by atoms with Crippen molar-refractivity contribution in [1.29, 1.82) is 0 Å². The van der Waals surface area contributed by atoms with Crippen LogP contribution in [0, 0.1) is 11.7 Å². The SMILES string of the molecule is CC(c1ccc2nc(NC(=O)C3CC3)cn2n1)c1nnc2ccc(-c3cccc(F)c3)cn12. The maximum absolute atomic E-state index is 13.7. The van der Waals surface area contributed by atoms with Crippen LogP contribution in [0.2, 0.25) is 0 Å². The number of fused-ring (bicyclic) bond motifs is 2. The van der Waals surface area contributed by atoms with Crippen molar-refractivity contribution in [2.45, 2.75) is 25.7 Å². The summed E-state index contributed by atoms with van der Waals surface area (Å²) in [6.45, 7) is 2.01. The maximum atomic E-state index is 13.7. The number of nitrogens with one attached hydrogen (secondary N) is 1. The maximum Gasteiger partial charge on any atom is 0.228 e. The number of hydrogen-bond donors (Lipinski definition) is 1. The van der Waals surface area contributed by atoms with Gasteiger partial charge < -0.3 is 5.32 Å². The fourth-order valence-electron chi connectivity index (χ4n) is 3.94. The number of nitrogens with zero attached hydrogens (tertiary/aromatic N) is 6. The largest absolute Gasteiger partial charge is 0.309 e. The summed E-state index contributed by atoms with van der Waals surface area (Å²) in [5.41, 5.74) is 3.78. The first-order valence-corrected chi connectivity index (χ1v) is 10.8. The number of aromatic nitrogens is 6. The number of benzene rings is 1. The number of pyridine rings is 1. The van der Waals surface area contributed by atoms with Crippen molar-refractivity contribution >= 4 is 23.0 Å². The minimum Gasteiger partial charge on any atom is -0.309 e. The number of anilines is 1. The second-order valence-electron chi connectivity index (χ2n) is 8.39. The van der Waals surface area contributed by atoms with Crippen LogP contribution in [0.25, 0.3) is 22.4 Å². The first-order valence-electron chi connectivity index (χ1n) is 10.8. The number of imidazole rings is 1. The Morgan fingerprint density at radius 1 is 1.06 bits per heavy atom. The predicted octanol–water partition coefficient (Wildman–Crippen LogP) is 4.08. The fourth-order valence-corrected chi connectivity index (χ4v) is 3.94. The van der Waals surface area contributed by atoms with Crippen LogP contribution in [0.3, 0.4) is 0 Å². The highest BCUT2D eigenvalue weighted by Gasteiger charge is 2.30. The number of hydrogen-bond acceptors (Lipinski definition) is 5. The third-order valence-electron chi connectivity index (χ3n) is 5.96. The summed E-state index contributed by atoms with van der Waals surface area (Å²) in [7, 11) is 0. The van der Waals surface area contributed by atoms with E-state index in [-0.39, 0.29) is 23.6 Å². The fraction of sp³-hybridized carbons (Fsp3) is 0.208. The molecule has 0 aliphatic heterocycles. The van der Waals surface area contributed by atoms with Crippen LogP contribution in [-0.4, -0.2) is 35.1 Å². The summed E-state index contributed by atoms with van der Waals surface area (Å²) in [6, 6.07) is 14.0. The average Bonchev–Trinajstić information content (AvgIpc) is 3.47. The van der Waals surface area contributed by atoms with Gasteiger partial charge in [-0.15, -0.1) is 10.2 Å². The van der Waals surface area contributed by atoms with Crippen LogP contribution < -0.4 is 5.32 Å². The number of halogens is 1. The molecule has 8 nitrogen and oxygen atoms in total. The van der Waals surface area contributed by atoms with Gasteiger partial charge >= 0.3 is 0 Å². The molecule has 1 fully saturated rings. The van der Waals surface area contributed by atoms with E-state index in [2.05, 4.69) is 20.5 Å². The summed E-state index contributed by atoms with van der Waals surface area (Å²) in [5.74, 6) is 0.886. The van der Waals surface area contributed by atoms with Gasteiger partial charge in [-0.3, -0.25) is 9.20 Å². The van der Waals surface area contributed by atoms with Crippen molar-refractivity contribution in [3.63, 3.8) is 0 Å². The second kappa shape index (κ2) is 7.47. The Labute approximate surface area is 188 Å². The van der Waals surface area contributed by atoms with Gasteiger partial charge in [-0.25, -0.2) is 13.9 Å². The molecule has 0 saturated heterocycles. The van der Waals surface area contributed by atoms with Crippen LogP contribution in [0.15, 0.2) is 60.9 Å². The van der Waals surface area contributed by atoms with E-state index in [1.165, 1.54) is 12.1 Å². The van der Waals surface area contributed by atoms with Gasteiger partial charge in [-0.1, -0.05) is 12.1 Å². The molecule has 1 N–H and O–H groups in total. The van der Waals surface area contributed by atoms with Crippen molar-refractivity contribution < 1.29 is 9.18 Å². The van der Waals surface area contributed by atoms with Crippen molar-refractivity contribution in [2.24, 2.45) is 5.92 Å². The first kappa shape index (κ1) is 19.5. The van der Waals surface area contributed by atoms with E-state index in [4.69, 9.17) is 5.10 Å². The third kappa shape index (κ3) is 3.61. The molecule has 1 aliphatic rings. The Hall–Kier alpha value is -4.14. The Morgan fingerprint density at radius 2 is 1.91 bits per heavy atom. The van der Waals surface area contributed by atoms with E-state index >= 15 is 0 Å². The van der Waals surface area contributed by atoms with Gasteiger partial charge in [0.05, 0.1) is 17.8 Å². The van der Waals surface area contributed by atoms with Gasteiger partial charge in [-0.05, 0) is 67.3 Å². The van der Waals surface area contributed by atoms with Crippen LogP contribution in [-0.2, 0) is 4.79 Å². The lowest BCUT2D eigenvalue weighted by Gasteiger charge is -2.10. The van der Waals surface area contributed by atoms with Crippen molar-refractivity contribution in [3.8, 4) is 11.1 Å². The summed E-state index contributed by atoms with van der Waals surface area (Å²) in [6.07, 6.45) is 5.51. The minimum absolute atomic E-state index is 0.0102. The van der Waals surface area contributed by atoms with E-state index in [0.717, 1.165) is 35.5 Å². The molecule has 6 rings (SSSR count). The smallest absolute Gasteiger partial charge is 0.228 e. The van der Waals surface area contributed by atoms with Gasteiger partial charge in [0.2, 0.25) is 5.91 Å². The highest BCUT2D eigenvalue weighted by atomic mass is 19.1. The van der Waals surface area contributed by atoms with Gasteiger partial charge in [0.15, 0.2) is 17.1 Å². The Bertz CT molecular complexity index is 1520. The third-order valence-corrected chi connectivity index (χ3v) is 5.96. The van der Waals surface area contributed by atoms with E-state index < -0.39 is 0 Å². The molecular formula is C24H20FN7O. The first-order chi connectivity index (χ1) is 16.0. The van der Waals surface area contributed by atoms with Crippen LogP contribution in [0.5, 0.6) is 0 Å². The molecule has 4 aromatic heterocycles. The molecule has 9 heteroatoms. The Balaban J connectivity index is 1.33. The zero-order valence-electron chi connectivity index (χ0n) is 17.8. The average molecular weight is 441 g/mol. The van der Waals surface area contributed by atoms with Gasteiger partial charge in [0.1, 0.15) is 11.6 Å². The predicted molar refractivity (Wildman–Crippen MR) is 120 cm³/mol. The summed E-state index contributed by atoms with van der Waals surface area (Å²) < 4.78 is 17.3.